The normalized spacial score (nSPS) is 11.8. The minimum Gasteiger partial charge on any atom is -0.325 e. The Bertz CT molecular complexity index is 870. The van der Waals surface area contributed by atoms with Crippen LogP contribution in [0.25, 0.3) is 10.2 Å². The maximum Gasteiger partial charge on any atom is 0.248 e. The first-order chi connectivity index (χ1) is 10.7. The van der Waals surface area contributed by atoms with E-state index in [9.17, 15) is 10.1 Å². The monoisotopic (exact) mass is 327 g/mol. The average Bonchev–Trinajstić information content (AvgIpc) is 2.91. The van der Waals surface area contributed by atoms with Crippen LogP contribution in [0.1, 0.15) is 10.9 Å². The molecule has 6 heteroatoms. The summed E-state index contributed by atoms with van der Waals surface area (Å²) in [7, 11) is 0. The Hall–Kier alpha value is -2.42. The number of thiazole rings is 1. The Morgan fingerprint density at radius 2 is 2.05 bits per heavy atom. The van der Waals surface area contributed by atoms with E-state index in [0.717, 1.165) is 4.70 Å². The molecule has 0 fully saturated rings. The van der Waals surface area contributed by atoms with Crippen molar-refractivity contribution in [2.24, 2.45) is 0 Å². The number of aromatic nitrogens is 1. The van der Waals surface area contributed by atoms with Crippen molar-refractivity contribution in [3.05, 3.63) is 58.6 Å². The predicted octanol–water partition coefficient (Wildman–Crippen LogP) is 4.20. The maximum absolute atomic E-state index is 12.3. The molecule has 0 aliphatic heterocycles. The van der Waals surface area contributed by atoms with E-state index in [2.05, 4.69) is 10.3 Å². The van der Waals surface area contributed by atoms with Crippen LogP contribution in [0.4, 0.5) is 5.69 Å². The lowest BCUT2D eigenvalue weighted by atomic mass is 10.1. The molecule has 1 unspecified atom stereocenters. The van der Waals surface area contributed by atoms with Gasteiger partial charge in [-0.05, 0) is 30.3 Å². The molecular formula is C16H10ClN3OS. The van der Waals surface area contributed by atoms with Gasteiger partial charge >= 0.3 is 0 Å². The van der Waals surface area contributed by atoms with Gasteiger partial charge in [-0.1, -0.05) is 29.8 Å². The van der Waals surface area contributed by atoms with Crippen LogP contribution in [0.2, 0.25) is 5.02 Å². The first kappa shape index (κ1) is 14.5. The van der Waals surface area contributed by atoms with Crippen LogP contribution in [0.5, 0.6) is 0 Å². The second-order valence-electron chi connectivity index (χ2n) is 4.58. The minimum absolute atomic E-state index is 0.390. The third kappa shape index (κ3) is 2.93. The van der Waals surface area contributed by atoms with Gasteiger partial charge in [0, 0.05) is 10.7 Å². The molecule has 22 heavy (non-hydrogen) atoms. The molecule has 2 aromatic carbocycles. The molecule has 0 saturated carbocycles. The zero-order chi connectivity index (χ0) is 15.5. The summed E-state index contributed by atoms with van der Waals surface area (Å²) in [6, 6.07) is 16.4. The molecule has 1 amide bonds. The summed E-state index contributed by atoms with van der Waals surface area (Å²) in [5, 5.41) is 13.1. The standard InChI is InChI=1S/C16H10ClN3OS/c17-10-6-7-14-13(8-10)20-16(22-14)12(9-18)15(21)19-11-4-2-1-3-5-11/h1-8,12H,(H,19,21). The number of hydrogen-bond acceptors (Lipinski definition) is 4. The summed E-state index contributed by atoms with van der Waals surface area (Å²) >= 11 is 7.26. The Morgan fingerprint density at radius 3 is 2.77 bits per heavy atom. The van der Waals surface area contributed by atoms with Crippen molar-refractivity contribution in [3.63, 3.8) is 0 Å². The van der Waals surface area contributed by atoms with Gasteiger partial charge in [-0.3, -0.25) is 4.79 Å². The van der Waals surface area contributed by atoms with Crippen LogP contribution in [-0.2, 0) is 4.79 Å². The number of benzene rings is 2. The summed E-state index contributed by atoms with van der Waals surface area (Å²) in [6.45, 7) is 0. The summed E-state index contributed by atoms with van der Waals surface area (Å²) in [6.07, 6.45) is 0. The third-order valence-electron chi connectivity index (χ3n) is 3.05. The number of amides is 1. The highest BCUT2D eigenvalue weighted by atomic mass is 35.5. The van der Waals surface area contributed by atoms with Crippen LogP contribution in [0.15, 0.2) is 48.5 Å². The topological polar surface area (TPSA) is 65.8 Å². The number of carbonyl (C=O) groups excluding carboxylic acids is 1. The number of nitriles is 1. The van der Waals surface area contributed by atoms with Gasteiger partial charge in [0.15, 0.2) is 5.92 Å². The van der Waals surface area contributed by atoms with Gasteiger partial charge in [0.05, 0.1) is 16.3 Å². The Labute approximate surface area is 136 Å². The van der Waals surface area contributed by atoms with Crippen molar-refractivity contribution in [1.29, 1.82) is 5.26 Å². The van der Waals surface area contributed by atoms with Gasteiger partial charge in [0.1, 0.15) is 5.01 Å². The molecule has 0 spiro atoms. The molecule has 4 nitrogen and oxygen atoms in total. The third-order valence-corrected chi connectivity index (χ3v) is 4.38. The van der Waals surface area contributed by atoms with E-state index in [4.69, 9.17) is 11.6 Å². The number of rotatable bonds is 3. The molecule has 3 rings (SSSR count). The summed E-state index contributed by atoms with van der Waals surface area (Å²) in [5.41, 5.74) is 1.34. The van der Waals surface area contributed by atoms with Crippen molar-refractivity contribution < 1.29 is 4.79 Å². The Kier molecular flexibility index (Phi) is 4.05. The largest absolute Gasteiger partial charge is 0.325 e. The van der Waals surface area contributed by atoms with Crippen LogP contribution >= 0.6 is 22.9 Å². The fraction of sp³-hybridized carbons (Fsp3) is 0.0625. The Morgan fingerprint density at radius 1 is 1.27 bits per heavy atom. The van der Waals surface area contributed by atoms with E-state index in [0.29, 0.717) is 21.2 Å². The molecule has 3 aromatic rings. The first-order valence-corrected chi connectivity index (χ1v) is 7.68. The molecule has 0 saturated heterocycles. The first-order valence-electron chi connectivity index (χ1n) is 6.49. The number of fused-ring (bicyclic) bond motifs is 1. The lowest BCUT2D eigenvalue weighted by Gasteiger charge is -2.07. The van der Waals surface area contributed by atoms with Crippen LogP contribution in [-0.4, -0.2) is 10.9 Å². The van der Waals surface area contributed by atoms with Crippen LogP contribution < -0.4 is 5.32 Å². The van der Waals surface area contributed by atoms with E-state index < -0.39 is 5.92 Å². The molecule has 0 aliphatic carbocycles. The van der Waals surface area contributed by atoms with Crippen molar-refractivity contribution in [2.75, 3.05) is 5.32 Å². The van der Waals surface area contributed by atoms with E-state index in [1.54, 1.807) is 24.3 Å². The molecule has 0 radical (unpaired) electrons. The minimum atomic E-state index is -0.948. The summed E-state index contributed by atoms with van der Waals surface area (Å²) in [4.78, 5) is 16.7. The zero-order valence-electron chi connectivity index (χ0n) is 11.3. The van der Waals surface area contributed by atoms with Crippen molar-refractivity contribution in [3.8, 4) is 6.07 Å². The fourth-order valence-electron chi connectivity index (χ4n) is 2.00. The molecule has 1 heterocycles. The Balaban J connectivity index is 1.89. The fourth-order valence-corrected chi connectivity index (χ4v) is 3.16. The number of anilines is 1. The number of para-hydroxylation sites is 1. The van der Waals surface area contributed by atoms with Gasteiger partial charge < -0.3 is 5.32 Å². The van der Waals surface area contributed by atoms with Gasteiger partial charge in [-0.25, -0.2) is 4.98 Å². The highest BCUT2D eigenvalue weighted by molar-refractivity contribution is 7.18. The van der Waals surface area contributed by atoms with E-state index in [-0.39, 0.29) is 5.91 Å². The summed E-state index contributed by atoms with van der Waals surface area (Å²) < 4.78 is 0.896. The quantitative estimate of drug-likeness (QED) is 0.784. The van der Waals surface area contributed by atoms with Gasteiger partial charge in [-0.2, -0.15) is 5.26 Å². The molecule has 1 aromatic heterocycles. The smallest absolute Gasteiger partial charge is 0.248 e. The lowest BCUT2D eigenvalue weighted by Crippen LogP contribution is -2.19. The van der Waals surface area contributed by atoms with Crippen LogP contribution in [0.3, 0.4) is 0 Å². The highest BCUT2D eigenvalue weighted by Gasteiger charge is 2.24. The van der Waals surface area contributed by atoms with Gasteiger partial charge in [0.25, 0.3) is 0 Å². The molecule has 0 bridgehead atoms. The van der Waals surface area contributed by atoms with E-state index in [1.807, 2.05) is 30.3 Å². The lowest BCUT2D eigenvalue weighted by molar-refractivity contribution is -0.116. The number of nitrogens with zero attached hydrogens (tertiary/aromatic N) is 2. The molecule has 1 atom stereocenters. The molecule has 1 N–H and O–H groups in total. The van der Waals surface area contributed by atoms with Crippen LogP contribution in [0, 0.1) is 11.3 Å². The van der Waals surface area contributed by atoms with E-state index in [1.165, 1.54) is 11.3 Å². The average molecular weight is 328 g/mol. The number of hydrogen-bond donors (Lipinski definition) is 1. The zero-order valence-corrected chi connectivity index (χ0v) is 12.9. The maximum atomic E-state index is 12.3. The predicted molar refractivity (Wildman–Crippen MR) is 88.1 cm³/mol. The molecular weight excluding hydrogens is 318 g/mol. The second kappa shape index (κ2) is 6.14. The van der Waals surface area contributed by atoms with Crippen molar-refractivity contribution in [1.82, 2.24) is 4.98 Å². The number of halogens is 1. The second-order valence-corrected chi connectivity index (χ2v) is 6.08. The highest BCUT2D eigenvalue weighted by Crippen LogP contribution is 2.29. The summed E-state index contributed by atoms with van der Waals surface area (Å²) in [5.74, 6) is -1.34. The number of nitrogens with one attached hydrogen (secondary N) is 1. The van der Waals surface area contributed by atoms with E-state index >= 15 is 0 Å². The van der Waals surface area contributed by atoms with Gasteiger partial charge in [0.2, 0.25) is 5.91 Å². The molecule has 108 valence electrons. The number of carbonyl (C=O) groups is 1. The van der Waals surface area contributed by atoms with Crippen molar-refractivity contribution in [2.45, 2.75) is 5.92 Å². The van der Waals surface area contributed by atoms with Gasteiger partial charge in [-0.15, -0.1) is 11.3 Å². The van der Waals surface area contributed by atoms with Crippen molar-refractivity contribution >= 4 is 44.7 Å². The molecule has 0 aliphatic rings. The SMILES string of the molecule is N#CC(C(=O)Nc1ccccc1)c1nc2cc(Cl)ccc2s1.